The van der Waals surface area contributed by atoms with Crippen LogP contribution < -0.4 is 0 Å². The van der Waals surface area contributed by atoms with Crippen molar-refractivity contribution in [1.29, 1.82) is 0 Å². The Morgan fingerprint density at radius 2 is 2.10 bits per heavy atom. The lowest BCUT2D eigenvalue weighted by Gasteiger charge is -2.04. The molecule has 0 aromatic carbocycles. The van der Waals surface area contributed by atoms with Crippen LogP contribution in [0.3, 0.4) is 0 Å². The fourth-order valence-electron chi connectivity index (χ4n) is 1.88. The molecule has 0 saturated carbocycles. The Kier molecular flexibility index (Phi) is 3.45. The molecule has 104 valence electrons. The summed E-state index contributed by atoms with van der Waals surface area (Å²) in [5.74, 6) is -0.707. The number of carboxylic acid groups (broad SMARTS) is 1. The average Bonchev–Trinajstić information content (AvgIpc) is 2.94. The van der Waals surface area contributed by atoms with Gasteiger partial charge in [-0.1, -0.05) is 0 Å². The van der Waals surface area contributed by atoms with E-state index in [0.29, 0.717) is 17.1 Å². The smallest absolute Gasteiger partial charge is 0.354 e. The van der Waals surface area contributed by atoms with Crippen LogP contribution in [0.25, 0.3) is 22.0 Å². The summed E-state index contributed by atoms with van der Waals surface area (Å²) in [5, 5.41) is 9.23. The second kappa shape index (κ2) is 5.41. The first-order chi connectivity index (χ1) is 10.1. The molecule has 0 aliphatic rings. The van der Waals surface area contributed by atoms with Crippen molar-refractivity contribution >= 4 is 17.3 Å². The molecule has 1 N–H and O–H groups in total. The molecule has 21 heavy (non-hydrogen) atoms. The van der Waals surface area contributed by atoms with Crippen LogP contribution in [0.4, 0.5) is 0 Å². The first-order valence-corrected chi connectivity index (χ1v) is 7.05. The summed E-state index contributed by atoms with van der Waals surface area (Å²) < 4.78 is 0. The van der Waals surface area contributed by atoms with Crippen LogP contribution >= 0.6 is 11.3 Å². The molecule has 0 aliphatic carbocycles. The Bertz CT molecular complexity index is 800. The van der Waals surface area contributed by atoms with Gasteiger partial charge in [0, 0.05) is 22.8 Å². The van der Waals surface area contributed by atoms with E-state index < -0.39 is 5.97 Å². The molecule has 0 spiro atoms. The average molecular weight is 297 g/mol. The summed E-state index contributed by atoms with van der Waals surface area (Å²) in [6, 6.07) is 8.97. The second-order valence-corrected chi connectivity index (χ2v) is 5.71. The molecule has 0 saturated heterocycles. The fraction of sp³-hybridized carbons (Fsp3) is 0.0667. The maximum atomic E-state index is 11.3. The molecule has 3 aromatic heterocycles. The van der Waals surface area contributed by atoms with Crippen LogP contribution in [-0.2, 0) is 0 Å². The minimum absolute atomic E-state index is 0.0232. The molecule has 3 aromatic rings. The number of carboxylic acids is 1. The van der Waals surface area contributed by atoms with Gasteiger partial charge in [0.25, 0.3) is 0 Å². The van der Waals surface area contributed by atoms with Gasteiger partial charge in [-0.3, -0.25) is 4.98 Å². The van der Waals surface area contributed by atoms with Gasteiger partial charge in [-0.05, 0) is 37.3 Å². The molecule has 6 heteroatoms. The van der Waals surface area contributed by atoms with E-state index in [1.165, 1.54) is 6.07 Å². The molecule has 0 bridgehead atoms. The second-order valence-electron chi connectivity index (χ2n) is 4.42. The highest BCUT2D eigenvalue weighted by molar-refractivity contribution is 7.15. The SMILES string of the molecule is Cc1ccc(-c2cc(C(=O)O)nc(-c3cccnc3)n2)s1. The van der Waals surface area contributed by atoms with Gasteiger partial charge in [-0.15, -0.1) is 11.3 Å². The van der Waals surface area contributed by atoms with E-state index in [-0.39, 0.29) is 5.69 Å². The van der Waals surface area contributed by atoms with E-state index >= 15 is 0 Å². The number of hydrogen-bond acceptors (Lipinski definition) is 5. The highest BCUT2D eigenvalue weighted by atomic mass is 32.1. The summed E-state index contributed by atoms with van der Waals surface area (Å²) in [5.41, 5.74) is 1.28. The topological polar surface area (TPSA) is 76.0 Å². The van der Waals surface area contributed by atoms with Gasteiger partial charge in [-0.2, -0.15) is 0 Å². The van der Waals surface area contributed by atoms with Gasteiger partial charge in [0.1, 0.15) is 0 Å². The number of pyridine rings is 1. The number of nitrogens with zero attached hydrogens (tertiary/aromatic N) is 3. The van der Waals surface area contributed by atoms with Crippen molar-refractivity contribution in [2.24, 2.45) is 0 Å². The van der Waals surface area contributed by atoms with Crippen LogP contribution in [-0.4, -0.2) is 26.0 Å². The maximum absolute atomic E-state index is 11.3. The van der Waals surface area contributed by atoms with Crippen LogP contribution in [0.5, 0.6) is 0 Å². The van der Waals surface area contributed by atoms with E-state index in [1.54, 1.807) is 35.9 Å². The molecular weight excluding hydrogens is 286 g/mol. The Morgan fingerprint density at radius 1 is 1.24 bits per heavy atom. The van der Waals surface area contributed by atoms with E-state index in [9.17, 15) is 9.90 Å². The lowest BCUT2D eigenvalue weighted by molar-refractivity contribution is 0.0690. The molecule has 0 radical (unpaired) electrons. The quantitative estimate of drug-likeness (QED) is 0.803. The largest absolute Gasteiger partial charge is 0.477 e. The summed E-state index contributed by atoms with van der Waals surface area (Å²) in [4.78, 5) is 25.9. The number of rotatable bonds is 3. The lowest BCUT2D eigenvalue weighted by Crippen LogP contribution is -2.04. The monoisotopic (exact) mass is 297 g/mol. The molecule has 0 amide bonds. The van der Waals surface area contributed by atoms with Crippen molar-refractivity contribution in [3.8, 4) is 22.0 Å². The minimum atomic E-state index is -1.07. The molecule has 0 aliphatic heterocycles. The van der Waals surface area contributed by atoms with E-state index in [1.807, 2.05) is 19.1 Å². The van der Waals surface area contributed by atoms with Crippen LogP contribution in [0.1, 0.15) is 15.4 Å². The number of aryl methyl sites for hydroxylation is 1. The summed E-state index contributed by atoms with van der Waals surface area (Å²) >= 11 is 1.57. The Balaban J connectivity index is 2.17. The molecule has 5 nitrogen and oxygen atoms in total. The highest BCUT2D eigenvalue weighted by Crippen LogP contribution is 2.28. The number of carbonyl (C=O) groups is 1. The third-order valence-electron chi connectivity index (χ3n) is 2.86. The summed E-state index contributed by atoms with van der Waals surface area (Å²) in [7, 11) is 0. The van der Waals surface area contributed by atoms with Crippen LogP contribution in [0, 0.1) is 6.92 Å². The van der Waals surface area contributed by atoms with Crippen LogP contribution in [0.2, 0.25) is 0 Å². The Hall–Kier alpha value is -2.60. The highest BCUT2D eigenvalue weighted by Gasteiger charge is 2.14. The maximum Gasteiger partial charge on any atom is 0.354 e. The normalized spacial score (nSPS) is 10.5. The van der Waals surface area contributed by atoms with Crippen molar-refractivity contribution < 1.29 is 9.90 Å². The number of hydrogen-bond donors (Lipinski definition) is 1. The zero-order chi connectivity index (χ0) is 14.8. The van der Waals surface area contributed by atoms with Crippen molar-refractivity contribution in [2.75, 3.05) is 0 Å². The molecule has 0 fully saturated rings. The van der Waals surface area contributed by atoms with E-state index in [2.05, 4.69) is 15.0 Å². The summed E-state index contributed by atoms with van der Waals surface area (Å²) in [6.07, 6.45) is 3.26. The Labute approximate surface area is 125 Å². The van der Waals surface area contributed by atoms with Crippen molar-refractivity contribution in [1.82, 2.24) is 15.0 Å². The fourth-order valence-corrected chi connectivity index (χ4v) is 2.71. The third kappa shape index (κ3) is 2.80. The Morgan fingerprint density at radius 3 is 2.71 bits per heavy atom. The zero-order valence-electron chi connectivity index (χ0n) is 11.1. The first kappa shape index (κ1) is 13.4. The van der Waals surface area contributed by atoms with Gasteiger partial charge < -0.3 is 5.11 Å². The molecule has 0 unspecified atom stereocenters. The third-order valence-corrected chi connectivity index (χ3v) is 3.88. The van der Waals surface area contributed by atoms with E-state index in [4.69, 9.17) is 0 Å². The van der Waals surface area contributed by atoms with Crippen molar-refractivity contribution in [3.63, 3.8) is 0 Å². The molecule has 3 heterocycles. The predicted molar refractivity (Wildman–Crippen MR) is 80.3 cm³/mol. The molecule has 0 atom stereocenters. The predicted octanol–water partition coefficient (Wildman–Crippen LogP) is 3.27. The minimum Gasteiger partial charge on any atom is -0.477 e. The van der Waals surface area contributed by atoms with Crippen molar-refractivity contribution in [2.45, 2.75) is 6.92 Å². The zero-order valence-corrected chi connectivity index (χ0v) is 12.0. The van der Waals surface area contributed by atoms with Gasteiger partial charge in [-0.25, -0.2) is 14.8 Å². The number of thiophene rings is 1. The molecule has 3 rings (SSSR count). The number of aromatic carboxylic acids is 1. The van der Waals surface area contributed by atoms with E-state index in [0.717, 1.165) is 9.75 Å². The first-order valence-electron chi connectivity index (χ1n) is 6.23. The van der Waals surface area contributed by atoms with Crippen molar-refractivity contribution in [3.05, 3.63) is 53.3 Å². The van der Waals surface area contributed by atoms with Crippen LogP contribution in [0.15, 0.2) is 42.7 Å². The lowest BCUT2D eigenvalue weighted by atomic mass is 10.2. The molecular formula is C15H11N3O2S. The summed E-state index contributed by atoms with van der Waals surface area (Å²) in [6.45, 7) is 2.00. The van der Waals surface area contributed by atoms with Gasteiger partial charge in [0.15, 0.2) is 11.5 Å². The van der Waals surface area contributed by atoms with Gasteiger partial charge in [0.05, 0.1) is 10.6 Å². The number of aromatic nitrogens is 3. The standard InChI is InChI=1S/C15H11N3O2S/c1-9-4-5-13(21-9)11-7-12(15(19)20)18-14(17-11)10-3-2-6-16-8-10/h2-8H,1H3,(H,19,20). The van der Waals surface area contributed by atoms with Gasteiger partial charge in [0.2, 0.25) is 0 Å². The van der Waals surface area contributed by atoms with Gasteiger partial charge >= 0.3 is 5.97 Å².